The highest BCUT2D eigenvalue weighted by molar-refractivity contribution is 5.86. The topological polar surface area (TPSA) is 54.3 Å². The van der Waals surface area contributed by atoms with Crippen LogP contribution in [0.3, 0.4) is 0 Å². The van der Waals surface area contributed by atoms with Crippen molar-refractivity contribution in [1.29, 1.82) is 0 Å². The Morgan fingerprint density at radius 2 is 1.90 bits per heavy atom. The van der Waals surface area contributed by atoms with Gasteiger partial charge in [-0.05, 0) is 51.4 Å². The molecule has 0 spiro atoms. The van der Waals surface area contributed by atoms with Crippen LogP contribution in [0.15, 0.2) is 0 Å². The van der Waals surface area contributed by atoms with E-state index in [-0.39, 0.29) is 11.9 Å². The average Bonchev–Trinajstić information content (AvgIpc) is 3.27. The first-order chi connectivity index (χ1) is 9.97. The molecule has 2 N–H and O–H groups in total. The molecule has 0 bridgehead atoms. The monoisotopic (exact) mass is 293 g/mol. The predicted molar refractivity (Wildman–Crippen MR) is 85.1 cm³/mol. The molecule has 1 amide bonds. The van der Waals surface area contributed by atoms with Crippen molar-refractivity contribution < 1.29 is 4.79 Å². The smallest absolute Gasteiger partial charge is 0.238 e. The molecule has 2 heterocycles. The van der Waals surface area contributed by atoms with E-state index in [2.05, 4.69) is 43.2 Å². The number of rotatable bonds is 5. The fraction of sp³-hybridized carbons (Fsp3) is 0.941. The summed E-state index contributed by atoms with van der Waals surface area (Å²) in [5.41, 5.74) is 0. The highest BCUT2D eigenvalue weighted by Crippen LogP contribution is 2.39. The van der Waals surface area contributed by atoms with Crippen molar-refractivity contribution in [2.45, 2.75) is 83.6 Å². The molecule has 4 nitrogen and oxygen atoms in total. The Balaban J connectivity index is 1.51. The van der Waals surface area contributed by atoms with E-state index in [1.165, 1.54) is 12.8 Å². The fourth-order valence-corrected chi connectivity index (χ4v) is 3.99. The number of nitrogens with one attached hydrogen (secondary N) is 2. The van der Waals surface area contributed by atoms with Crippen molar-refractivity contribution in [3.63, 3.8) is 0 Å². The van der Waals surface area contributed by atoms with Gasteiger partial charge < -0.3 is 5.32 Å². The Kier molecular flexibility index (Phi) is 4.28. The Bertz CT molecular complexity index is 391. The summed E-state index contributed by atoms with van der Waals surface area (Å²) in [5, 5.41) is 6.67. The largest absolute Gasteiger partial charge is 0.352 e. The van der Waals surface area contributed by atoms with E-state index in [0.717, 1.165) is 25.3 Å². The Labute approximate surface area is 129 Å². The van der Waals surface area contributed by atoms with Crippen molar-refractivity contribution in [3.8, 4) is 0 Å². The number of carbonyl (C=O) groups excluding carboxylic acids is 1. The SMILES string of the molecule is CC(C)C1CC(NC(=O)[C@@H]2N[C@H]2C2CC2)CCN1C(C)C. The number of likely N-dealkylation sites (tertiary alicyclic amines) is 1. The maximum Gasteiger partial charge on any atom is 0.238 e. The second-order valence-corrected chi connectivity index (χ2v) is 7.88. The summed E-state index contributed by atoms with van der Waals surface area (Å²) in [6.07, 6.45) is 4.81. The maximum atomic E-state index is 12.3. The highest BCUT2D eigenvalue weighted by Gasteiger charge is 2.51. The minimum Gasteiger partial charge on any atom is -0.352 e. The summed E-state index contributed by atoms with van der Waals surface area (Å²) in [4.78, 5) is 14.9. The third kappa shape index (κ3) is 3.42. The molecule has 21 heavy (non-hydrogen) atoms. The van der Waals surface area contributed by atoms with Crippen LogP contribution in [0.25, 0.3) is 0 Å². The molecule has 3 aliphatic rings. The van der Waals surface area contributed by atoms with Crippen molar-refractivity contribution in [2.24, 2.45) is 11.8 Å². The van der Waals surface area contributed by atoms with Gasteiger partial charge in [0.2, 0.25) is 5.91 Å². The van der Waals surface area contributed by atoms with Crippen LogP contribution in [0.2, 0.25) is 0 Å². The molecule has 2 unspecified atom stereocenters. The maximum absolute atomic E-state index is 12.3. The highest BCUT2D eigenvalue weighted by atomic mass is 16.2. The molecule has 2 saturated heterocycles. The van der Waals surface area contributed by atoms with Gasteiger partial charge in [-0.15, -0.1) is 0 Å². The number of carbonyl (C=O) groups is 1. The first-order valence-corrected chi connectivity index (χ1v) is 8.79. The molecule has 1 saturated carbocycles. The van der Waals surface area contributed by atoms with E-state index in [9.17, 15) is 4.79 Å². The number of nitrogens with zero attached hydrogens (tertiary/aromatic N) is 1. The summed E-state index contributed by atoms with van der Waals surface area (Å²) in [6, 6.07) is 2.15. The molecular formula is C17H31N3O. The van der Waals surface area contributed by atoms with Crippen LogP contribution in [-0.4, -0.2) is 47.6 Å². The van der Waals surface area contributed by atoms with Gasteiger partial charge in [0, 0.05) is 30.7 Å². The molecule has 0 radical (unpaired) electrons. The van der Waals surface area contributed by atoms with E-state index < -0.39 is 0 Å². The molecule has 4 atom stereocenters. The molecule has 0 aromatic carbocycles. The van der Waals surface area contributed by atoms with Gasteiger partial charge in [-0.1, -0.05) is 13.8 Å². The fourth-order valence-electron chi connectivity index (χ4n) is 3.99. The van der Waals surface area contributed by atoms with Crippen LogP contribution in [0.4, 0.5) is 0 Å². The van der Waals surface area contributed by atoms with Crippen LogP contribution in [0.5, 0.6) is 0 Å². The van der Waals surface area contributed by atoms with Gasteiger partial charge in [0.25, 0.3) is 0 Å². The average molecular weight is 293 g/mol. The molecule has 3 fully saturated rings. The molecule has 3 rings (SSSR count). The Morgan fingerprint density at radius 3 is 2.48 bits per heavy atom. The van der Waals surface area contributed by atoms with Gasteiger partial charge >= 0.3 is 0 Å². The number of hydrogen-bond donors (Lipinski definition) is 2. The zero-order valence-electron chi connectivity index (χ0n) is 13.9. The molecule has 2 aliphatic heterocycles. The quantitative estimate of drug-likeness (QED) is 0.759. The molecule has 120 valence electrons. The normalized spacial score (nSPS) is 37.0. The third-order valence-electron chi connectivity index (χ3n) is 5.50. The van der Waals surface area contributed by atoms with E-state index in [0.29, 0.717) is 30.1 Å². The van der Waals surface area contributed by atoms with Crippen molar-refractivity contribution >= 4 is 5.91 Å². The van der Waals surface area contributed by atoms with Crippen molar-refractivity contribution in [3.05, 3.63) is 0 Å². The van der Waals surface area contributed by atoms with Gasteiger partial charge in [-0.25, -0.2) is 0 Å². The Morgan fingerprint density at radius 1 is 1.19 bits per heavy atom. The lowest BCUT2D eigenvalue weighted by Crippen LogP contribution is -2.54. The lowest BCUT2D eigenvalue weighted by Gasteiger charge is -2.44. The van der Waals surface area contributed by atoms with Crippen LogP contribution >= 0.6 is 0 Å². The van der Waals surface area contributed by atoms with Crippen LogP contribution < -0.4 is 10.6 Å². The van der Waals surface area contributed by atoms with Crippen LogP contribution in [0, 0.1) is 11.8 Å². The van der Waals surface area contributed by atoms with Crippen LogP contribution in [-0.2, 0) is 4.79 Å². The van der Waals surface area contributed by atoms with Gasteiger partial charge in [-0.3, -0.25) is 15.0 Å². The lowest BCUT2D eigenvalue weighted by atomic mass is 9.88. The van der Waals surface area contributed by atoms with E-state index in [4.69, 9.17) is 0 Å². The molecule has 4 heteroatoms. The minimum atomic E-state index is 0.109. The van der Waals surface area contributed by atoms with Gasteiger partial charge in [-0.2, -0.15) is 0 Å². The number of hydrogen-bond acceptors (Lipinski definition) is 3. The Hall–Kier alpha value is -0.610. The zero-order chi connectivity index (χ0) is 15.1. The van der Waals surface area contributed by atoms with E-state index in [1.54, 1.807) is 0 Å². The summed E-state index contributed by atoms with van der Waals surface area (Å²) >= 11 is 0. The summed E-state index contributed by atoms with van der Waals surface area (Å²) in [6.45, 7) is 10.3. The predicted octanol–water partition coefficient (Wildman–Crippen LogP) is 1.75. The second kappa shape index (κ2) is 5.88. The van der Waals surface area contributed by atoms with Gasteiger partial charge in [0.05, 0.1) is 0 Å². The second-order valence-electron chi connectivity index (χ2n) is 7.88. The van der Waals surface area contributed by atoms with Gasteiger partial charge in [0.1, 0.15) is 6.04 Å². The molecule has 0 aromatic rings. The molecule has 1 aliphatic carbocycles. The molecule has 0 aromatic heterocycles. The molecular weight excluding hydrogens is 262 g/mol. The number of amides is 1. The van der Waals surface area contributed by atoms with E-state index >= 15 is 0 Å². The summed E-state index contributed by atoms with van der Waals surface area (Å²) in [5.74, 6) is 1.68. The van der Waals surface area contributed by atoms with E-state index in [1.807, 2.05) is 0 Å². The summed E-state index contributed by atoms with van der Waals surface area (Å²) < 4.78 is 0. The lowest BCUT2D eigenvalue weighted by molar-refractivity contribution is -0.122. The first-order valence-electron chi connectivity index (χ1n) is 8.79. The standard InChI is InChI=1S/C17H31N3O/c1-10(2)14-9-13(7-8-20(14)11(3)4)18-17(21)16-15(19-16)12-5-6-12/h10-16,19H,5-9H2,1-4H3,(H,18,21)/t13?,14?,15-,16+/m0/s1. The van der Waals surface area contributed by atoms with Crippen molar-refractivity contribution in [1.82, 2.24) is 15.5 Å². The van der Waals surface area contributed by atoms with Gasteiger partial charge in [0.15, 0.2) is 0 Å². The zero-order valence-corrected chi connectivity index (χ0v) is 13.9. The van der Waals surface area contributed by atoms with Crippen molar-refractivity contribution in [2.75, 3.05) is 6.54 Å². The first kappa shape index (κ1) is 15.3. The summed E-state index contributed by atoms with van der Waals surface area (Å²) in [7, 11) is 0. The minimum absolute atomic E-state index is 0.109. The third-order valence-corrected chi connectivity index (χ3v) is 5.50. The van der Waals surface area contributed by atoms with Crippen LogP contribution in [0.1, 0.15) is 53.4 Å². The number of piperidine rings is 1.